The van der Waals surface area contributed by atoms with E-state index in [0.29, 0.717) is 0 Å². The van der Waals surface area contributed by atoms with Gasteiger partial charge in [0.05, 0.1) is 11.3 Å². The van der Waals surface area contributed by atoms with Crippen LogP contribution in [0.1, 0.15) is 45.4 Å². The normalized spacial score (nSPS) is 16.1. The van der Waals surface area contributed by atoms with Gasteiger partial charge < -0.3 is 9.47 Å². The van der Waals surface area contributed by atoms with E-state index in [4.69, 9.17) is 14.0 Å². The molecule has 0 saturated heterocycles. The Labute approximate surface area is 152 Å². The average molecular weight is 382 g/mol. The van der Waals surface area contributed by atoms with Crippen LogP contribution in [0.25, 0.3) is 0 Å². The van der Waals surface area contributed by atoms with E-state index in [1.165, 1.54) is 12.1 Å². The van der Waals surface area contributed by atoms with Crippen LogP contribution in [0, 0.1) is 0 Å². The number of hydrogen-bond donors (Lipinski definition) is 1. The van der Waals surface area contributed by atoms with Crippen LogP contribution in [-0.2, 0) is 24.4 Å². The summed E-state index contributed by atoms with van der Waals surface area (Å²) < 4.78 is 41.4. The molecule has 0 radical (unpaired) electrons. The third-order valence-corrected chi connectivity index (χ3v) is 5.34. The fourth-order valence-corrected chi connectivity index (χ4v) is 3.39. The number of carbonyl (C=O) groups excluding carboxylic acids is 2. The molecule has 0 aromatic heterocycles. The van der Waals surface area contributed by atoms with Crippen LogP contribution < -0.4 is 4.74 Å². The summed E-state index contributed by atoms with van der Waals surface area (Å²) in [7, 11) is -4.31. The van der Waals surface area contributed by atoms with E-state index in [0.717, 1.165) is 44.2 Å². The fraction of sp³-hybridized carbons (Fsp3) is 0.444. The van der Waals surface area contributed by atoms with Crippen molar-refractivity contribution in [3.05, 3.63) is 36.4 Å². The lowest BCUT2D eigenvalue weighted by molar-refractivity contribution is -0.155. The summed E-state index contributed by atoms with van der Waals surface area (Å²) in [6, 6.07) is 4.66. The highest BCUT2D eigenvalue weighted by atomic mass is 32.2. The molecule has 0 amide bonds. The number of carbonyl (C=O) groups is 2. The average Bonchev–Trinajstić information content (AvgIpc) is 3.03. The molecule has 1 aromatic carbocycles. The van der Waals surface area contributed by atoms with Crippen LogP contribution in [0.5, 0.6) is 5.75 Å². The Morgan fingerprint density at radius 2 is 1.77 bits per heavy atom. The molecule has 1 saturated carbocycles. The summed E-state index contributed by atoms with van der Waals surface area (Å²) in [5, 5.41) is 0. The molecule has 0 bridgehead atoms. The molecule has 0 spiro atoms. The summed E-state index contributed by atoms with van der Waals surface area (Å²) in [5.74, 6) is -1.24. The summed E-state index contributed by atoms with van der Waals surface area (Å²) in [4.78, 5) is 23.8. The predicted octanol–water partition coefficient (Wildman–Crippen LogP) is 3.05. The standard InChI is InChI=1S/C18H22O7S/c1-3-18(10-4-5-11-18)25-17(20)13(2)12-16(19)24-14-6-8-15(9-7-14)26(21,22)23/h6-9H,2-5,10-12H2,1H3,(H,21,22,23). The molecular weight excluding hydrogens is 360 g/mol. The molecule has 2 rings (SSSR count). The molecule has 1 fully saturated rings. The molecule has 1 N–H and O–H groups in total. The van der Waals surface area contributed by atoms with Gasteiger partial charge in [0, 0.05) is 5.57 Å². The van der Waals surface area contributed by atoms with Crippen LogP contribution in [0.15, 0.2) is 41.3 Å². The number of ether oxygens (including phenoxy) is 2. The highest BCUT2D eigenvalue weighted by Crippen LogP contribution is 2.36. The van der Waals surface area contributed by atoms with E-state index in [1.807, 2.05) is 6.92 Å². The molecule has 0 heterocycles. The minimum atomic E-state index is -4.31. The monoisotopic (exact) mass is 382 g/mol. The van der Waals surface area contributed by atoms with Crippen molar-refractivity contribution in [2.45, 2.75) is 55.9 Å². The first kappa shape index (κ1) is 20.1. The van der Waals surface area contributed by atoms with Crippen LogP contribution >= 0.6 is 0 Å². The van der Waals surface area contributed by atoms with Crippen LogP contribution in [-0.4, -0.2) is 30.5 Å². The Morgan fingerprint density at radius 3 is 2.27 bits per heavy atom. The summed E-state index contributed by atoms with van der Waals surface area (Å²) >= 11 is 0. The first-order chi connectivity index (χ1) is 12.1. The van der Waals surface area contributed by atoms with E-state index >= 15 is 0 Å². The number of benzene rings is 1. The zero-order valence-electron chi connectivity index (χ0n) is 14.6. The maximum absolute atomic E-state index is 12.2. The largest absolute Gasteiger partial charge is 0.456 e. The molecule has 0 atom stereocenters. The van der Waals surface area contributed by atoms with Crippen molar-refractivity contribution in [1.82, 2.24) is 0 Å². The van der Waals surface area contributed by atoms with Gasteiger partial charge in [0.2, 0.25) is 0 Å². The molecule has 1 aliphatic carbocycles. The fourth-order valence-electron chi connectivity index (χ4n) is 2.91. The second-order valence-corrected chi connectivity index (χ2v) is 7.76. The van der Waals surface area contributed by atoms with E-state index in [1.54, 1.807) is 0 Å². The van der Waals surface area contributed by atoms with Crippen molar-refractivity contribution in [3.63, 3.8) is 0 Å². The van der Waals surface area contributed by atoms with E-state index < -0.39 is 27.7 Å². The molecule has 1 aliphatic rings. The number of hydrogen-bond acceptors (Lipinski definition) is 6. The third-order valence-electron chi connectivity index (χ3n) is 4.47. The minimum Gasteiger partial charge on any atom is -0.456 e. The Kier molecular flexibility index (Phi) is 6.20. The smallest absolute Gasteiger partial charge is 0.334 e. The van der Waals surface area contributed by atoms with Gasteiger partial charge in [-0.3, -0.25) is 9.35 Å². The van der Waals surface area contributed by atoms with Crippen molar-refractivity contribution in [1.29, 1.82) is 0 Å². The van der Waals surface area contributed by atoms with Gasteiger partial charge in [0.15, 0.2) is 0 Å². The van der Waals surface area contributed by atoms with Crippen LogP contribution in [0.4, 0.5) is 0 Å². The second kappa shape index (κ2) is 8.01. The molecular formula is C18H22O7S. The highest BCUT2D eigenvalue weighted by Gasteiger charge is 2.36. The molecule has 8 heteroatoms. The van der Waals surface area contributed by atoms with E-state index in [9.17, 15) is 18.0 Å². The van der Waals surface area contributed by atoms with Crippen molar-refractivity contribution in [2.75, 3.05) is 0 Å². The van der Waals surface area contributed by atoms with Crippen molar-refractivity contribution in [2.24, 2.45) is 0 Å². The topological polar surface area (TPSA) is 107 Å². The number of rotatable bonds is 7. The first-order valence-corrected chi connectivity index (χ1v) is 9.78. The van der Waals surface area contributed by atoms with Gasteiger partial charge in [0.25, 0.3) is 10.1 Å². The Bertz CT molecular complexity index is 787. The quantitative estimate of drug-likeness (QED) is 0.334. The van der Waals surface area contributed by atoms with Gasteiger partial charge in [-0.2, -0.15) is 8.42 Å². The summed E-state index contributed by atoms with van der Waals surface area (Å²) in [6.45, 7) is 5.57. The van der Waals surface area contributed by atoms with Gasteiger partial charge in [-0.25, -0.2) is 4.79 Å². The molecule has 7 nitrogen and oxygen atoms in total. The highest BCUT2D eigenvalue weighted by molar-refractivity contribution is 7.85. The zero-order valence-corrected chi connectivity index (χ0v) is 15.4. The lowest BCUT2D eigenvalue weighted by atomic mass is 9.98. The maximum atomic E-state index is 12.2. The Hall–Kier alpha value is -2.19. The lowest BCUT2D eigenvalue weighted by Crippen LogP contribution is -2.32. The van der Waals surface area contributed by atoms with Gasteiger partial charge in [0.1, 0.15) is 11.4 Å². The third kappa shape index (κ3) is 5.15. The van der Waals surface area contributed by atoms with E-state index in [2.05, 4.69) is 6.58 Å². The van der Waals surface area contributed by atoms with Gasteiger partial charge in [-0.15, -0.1) is 0 Å². The maximum Gasteiger partial charge on any atom is 0.334 e. The molecule has 0 aliphatic heterocycles. The van der Waals surface area contributed by atoms with Crippen LogP contribution in [0.2, 0.25) is 0 Å². The molecule has 1 aromatic rings. The van der Waals surface area contributed by atoms with Gasteiger partial charge in [-0.05, 0) is 56.4 Å². The number of esters is 2. The Morgan fingerprint density at radius 1 is 1.19 bits per heavy atom. The summed E-state index contributed by atoms with van der Waals surface area (Å²) in [5.41, 5.74) is -0.459. The predicted molar refractivity (Wildman–Crippen MR) is 93.2 cm³/mol. The summed E-state index contributed by atoms with van der Waals surface area (Å²) in [6.07, 6.45) is 4.03. The first-order valence-electron chi connectivity index (χ1n) is 8.34. The van der Waals surface area contributed by atoms with Gasteiger partial charge >= 0.3 is 11.9 Å². The van der Waals surface area contributed by atoms with E-state index in [-0.39, 0.29) is 22.6 Å². The minimum absolute atomic E-state index is 0.00396. The van der Waals surface area contributed by atoms with Crippen molar-refractivity contribution < 1.29 is 32.0 Å². The van der Waals surface area contributed by atoms with Crippen molar-refractivity contribution >= 4 is 22.1 Å². The van der Waals surface area contributed by atoms with Crippen LogP contribution in [0.3, 0.4) is 0 Å². The SMILES string of the molecule is C=C(CC(=O)Oc1ccc(S(=O)(=O)O)cc1)C(=O)OC1(CC)CCCC1. The molecule has 142 valence electrons. The molecule has 26 heavy (non-hydrogen) atoms. The van der Waals surface area contributed by atoms with Crippen molar-refractivity contribution in [3.8, 4) is 5.75 Å². The second-order valence-electron chi connectivity index (χ2n) is 6.33. The Balaban J connectivity index is 1.90. The zero-order chi connectivity index (χ0) is 19.4. The lowest BCUT2D eigenvalue weighted by Gasteiger charge is -2.27. The molecule has 0 unspecified atom stereocenters. The van der Waals surface area contributed by atoms with Gasteiger partial charge in [-0.1, -0.05) is 13.5 Å².